The molecule has 7 heteroatoms. The first-order chi connectivity index (χ1) is 13.0. The van der Waals surface area contributed by atoms with E-state index in [9.17, 15) is 18.8 Å². The number of nitrogens with zero attached hydrogens (tertiary/aromatic N) is 2. The monoisotopic (exact) mass is 371 g/mol. The van der Waals surface area contributed by atoms with Gasteiger partial charge in [0, 0.05) is 44.9 Å². The smallest absolute Gasteiger partial charge is 0.256 e. The second-order valence-corrected chi connectivity index (χ2v) is 6.57. The number of halogens is 1. The van der Waals surface area contributed by atoms with Gasteiger partial charge in [-0.05, 0) is 30.5 Å². The van der Waals surface area contributed by atoms with Gasteiger partial charge in [0.25, 0.3) is 5.91 Å². The van der Waals surface area contributed by atoms with Crippen molar-refractivity contribution in [2.45, 2.75) is 19.3 Å². The topological polar surface area (TPSA) is 73.5 Å². The molecule has 2 heterocycles. The largest absolute Gasteiger partial charge is 0.341 e. The van der Waals surface area contributed by atoms with Crippen LogP contribution in [0.15, 0.2) is 47.4 Å². The molecule has 0 radical (unpaired) electrons. The number of carbonyl (C=O) groups is 2. The molecule has 0 aliphatic carbocycles. The molecule has 0 spiro atoms. The van der Waals surface area contributed by atoms with E-state index in [2.05, 4.69) is 4.98 Å². The molecular weight excluding hydrogens is 349 g/mol. The second-order valence-electron chi connectivity index (χ2n) is 6.57. The van der Waals surface area contributed by atoms with Gasteiger partial charge < -0.3 is 14.8 Å². The first kappa shape index (κ1) is 18.8. The Morgan fingerprint density at radius 2 is 1.74 bits per heavy atom. The van der Waals surface area contributed by atoms with Crippen LogP contribution in [0, 0.1) is 5.82 Å². The number of hydrogen-bond acceptors (Lipinski definition) is 3. The van der Waals surface area contributed by atoms with E-state index >= 15 is 0 Å². The molecule has 0 unspecified atom stereocenters. The molecule has 1 N–H and O–H groups in total. The number of aromatic amines is 1. The molecule has 1 aliphatic heterocycles. The normalized spacial score (nSPS) is 14.7. The van der Waals surface area contributed by atoms with Crippen molar-refractivity contribution < 1.29 is 14.0 Å². The Bertz CT molecular complexity index is 860. The molecule has 1 saturated heterocycles. The van der Waals surface area contributed by atoms with Gasteiger partial charge in [-0.25, -0.2) is 4.39 Å². The lowest BCUT2D eigenvalue weighted by molar-refractivity contribution is -0.131. The minimum Gasteiger partial charge on any atom is -0.341 e. The maximum atomic E-state index is 13.9. The molecule has 142 valence electrons. The summed E-state index contributed by atoms with van der Waals surface area (Å²) in [5.41, 5.74) is 0.793. The Hall–Kier alpha value is -2.96. The number of rotatable bonds is 4. The fourth-order valence-corrected chi connectivity index (χ4v) is 3.18. The number of pyridine rings is 1. The second kappa shape index (κ2) is 8.62. The van der Waals surface area contributed by atoms with E-state index in [-0.39, 0.29) is 22.9 Å². The predicted octanol–water partition coefficient (Wildman–Crippen LogP) is 1.82. The Morgan fingerprint density at radius 3 is 2.48 bits per heavy atom. The van der Waals surface area contributed by atoms with Crippen LogP contribution >= 0.6 is 0 Å². The number of aromatic nitrogens is 1. The molecule has 27 heavy (non-hydrogen) atoms. The van der Waals surface area contributed by atoms with E-state index in [0.717, 1.165) is 5.56 Å². The Kier molecular flexibility index (Phi) is 6.01. The lowest BCUT2D eigenvalue weighted by Crippen LogP contribution is -2.37. The van der Waals surface area contributed by atoms with Crippen molar-refractivity contribution in [2.75, 3.05) is 26.2 Å². The van der Waals surface area contributed by atoms with E-state index in [1.165, 1.54) is 18.2 Å². The summed E-state index contributed by atoms with van der Waals surface area (Å²) in [6.07, 6.45) is 3.16. The van der Waals surface area contributed by atoms with Crippen LogP contribution in [-0.4, -0.2) is 52.8 Å². The summed E-state index contributed by atoms with van der Waals surface area (Å²) in [4.78, 5) is 42.0. The minimum absolute atomic E-state index is 0.0152. The van der Waals surface area contributed by atoms with Gasteiger partial charge >= 0.3 is 0 Å². The molecule has 0 saturated carbocycles. The Morgan fingerprint density at radius 1 is 1.00 bits per heavy atom. The van der Waals surface area contributed by atoms with Gasteiger partial charge in [-0.2, -0.15) is 0 Å². The third-order valence-corrected chi connectivity index (χ3v) is 4.72. The van der Waals surface area contributed by atoms with Gasteiger partial charge in [0.2, 0.25) is 11.5 Å². The van der Waals surface area contributed by atoms with E-state index in [1.54, 1.807) is 34.2 Å². The molecule has 2 amide bonds. The number of H-pyrrole nitrogens is 1. The zero-order valence-electron chi connectivity index (χ0n) is 15.0. The molecule has 0 bridgehead atoms. The number of aryl methyl sites for hydroxylation is 1. The fraction of sp³-hybridized carbons (Fsp3) is 0.350. The first-order valence-corrected chi connectivity index (χ1v) is 9.04. The van der Waals surface area contributed by atoms with Crippen LogP contribution in [0.4, 0.5) is 4.39 Å². The van der Waals surface area contributed by atoms with Crippen LogP contribution in [0.3, 0.4) is 0 Å². The molecule has 3 rings (SSSR count). The van der Waals surface area contributed by atoms with Crippen molar-refractivity contribution in [3.63, 3.8) is 0 Å². The maximum Gasteiger partial charge on any atom is 0.256 e. The average molecular weight is 371 g/mol. The van der Waals surface area contributed by atoms with E-state index in [4.69, 9.17) is 0 Å². The Balaban J connectivity index is 1.55. The highest BCUT2D eigenvalue weighted by atomic mass is 19.1. The third kappa shape index (κ3) is 4.81. The fourth-order valence-electron chi connectivity index (χ4n) is 3.18. The summed E-state index contributed by atoms with van der Waals surface area (Å²) >= 11 is 0. The number of nitrogens with one attached hydrogen (secondary N) is 1. The summed E-state index contributed by atoms with van der Waals surface area (Å²) in [5, 5.41) is 0. The number of amides is 2. The van der Waals surface area contributed by atoms with Crippen LogP contribution in [-0.2, 0) is 11.2 Å². The molecule has 0 atom stereocenters. The van der Waals surface area contributed by atoms with Gasteiger partial charge in [-0.1, -0.05) is 18.2 Å². The molecule has 1 aromatic heterocycles. The highest BCUT2D eigenvalue weighted by molar-refractivity contribution is 5.94. The van der Waals surface area contributed by atoms with Crippen LogP contribution in [0.25, 0.3) is 0 Å². The van der Waals surface area contributed by atoms with Crippen molar-refractivity contribution in [2.24, 2.45) is 0 Å². The molecule has 1 aliphatic rings. The van der Waals surface area contributed by atoms with Gasteiger partial charge in [-0.3, -0.25) is 14.4 Å². The lowest BCUT2D eigenvalue weighted by Gasteiger charge is -2.22. The van der Waals surface area contributed by atoms with Crippen molar-refractivity contribution in [3.8, 4) is 0 Å². The molecule has 1 aromatic carbocycles. The maximum absolute atomic E-state index is 13.9. The van der Waals surface area contributed by atoms with Gasteiger partial charge in [0.15, 0.2) is 0 Å². The van der Waals surface area contributed by atoms with Crippen molar-refractivity contribution >= 4 is 11.8 Å². The van der Waals surface area contributed by atoms with Crippen LogP contribution in [0.1, 0.15) is 28.8 Å². The number of hydrogen-bond donors (Lipinski definition) is 1. The lowest BCUT2D eigenvalue weighted by atomic mass is 10.1. The predicted molar refractivity (Wildman–Crippen MR) is 98.9 cm³/mol. The quantitative estimate of drug-likeness (QED) is 0.891. The minimum atomic E-state index is -0.527. The highest BCUT2D eigenvalue weighted by Crippen LogP contribution is 2.13. The van der Waals surface area contributed by atoms with Gasteiger partial charge in [-0.15, -0.1) is 0 Å². The molecule has 1 fully saturated rings. The van der Waals surface area contributed by atoms with Crippen molar-refractivity contribution in [1.29, 1.82) is 0 Å². The highest BCUT2D eigenvalue weighted by Gasteiger charge is 2.24. The zero-order chi connectivity index (χ0) is 19.2. The average Bonchev–Trinajstić information content (AvgIpc) is 2.93. The first-order valence-electron chi connectivity index (χ1n) is 9.04. The SMILES string of the molecule is O=C(CCc1ccc(=O)[nH]c1)N1CCCN(C(=O)c2ccccc2F)CC1. The van der Waals surface area contributed by atoms with Crippen molar-refractivity contribution in [3.05, 3.63) is 69.9 Å². The number of carbonyl (C=O) groups excluding carboxylic acids is 2. The summed E-state index contributed by atoms with van der Waals surface area (Å²) < 4.78 is 13.9. The Labute approximate surface area is 156 Å². The summed E-state index contributed by atoms with van der Waals surface area (Å²) in [6.45, 7) is 1.89. The molecule has 2 aromatic rings. The van der Waals surface area contributed by atoms with Crippen LogP contribution in [0.2, 0.25) is 0 Å². The van der Waals surface area contributed by atoms with E-state index in [1.807, 2.05) is 0 Å². The number of benzene rings is 1. The van der Waals surface area contributed by atoms with Crippen LogP contribution < -0.4 is 5.56 Å². The van der Waals surface area contributed by atoms with Crippen LogP contribution in [0.5, 0.6) is 0 Å². The zero-order valence-corrected chi connectivity index (χ0v) is 15.0. The van der Waals surface area contributed by atoms with Gasteiger partial charge in [0.1, 0.15) is 5.82 Å². The molecule has 6 nitrogen and oxygen atoms in total. The van der Waals surface area contributed by atoms with Gasteiger partial charge in [0.05, 0.1) is 5.56 Å². The summed E-state index contributed by atoms with van der Waals surface area (Å²) in [7, 11) is 0. The van der Waals surface area contributed by atoms with E-state index < -0.39 is 5.82 Å². The van der Waals surface area contributed by atoms with Crippen molar-refractivity contribution in [1.82, 2.24) is 14.8 Å². The summed E-state index contributed by atoms with van der Waals surface area (Å²) in [6, 6.07) is 9.10. The van der Waals surface area contributed by atoms with E-state index in [0.29, 0.717) is 45.4 Å². The third-order valence-electron chi connectivity index (χ3n) is 4.72. The summed E-state index contributed by atoms with van der Waals surface area (Å²) in [5.74, 6) is -0.849. The standard InChI is InChI=1S/C20H22FN3O3/c21-17-5-2-1-4-16(17)20(27)24-11-3-10-23(12-13-24)19(26)9-7-15-6-8-18(25)22-14-15/h1-2,4-6,8,14H,3,7,9-13H2,(H,22,25). The molecular formula is C20H22FN3O3.